The summed E-state index contributed by atoms with van der Waals surface area (Å²) in [7, 11) is 0. The SMILES string of the molecule is CC(C)(C)OC(=O)Nc1cc(Br)ccc1OCC1CCOC1. The normalized spacial score (nSPS) is 18.1. The van der Waals surface area contributed by atoms with Gasteiger partial charge in [-0.3, -0.25) is 5.32 Å². The highest BCUT2D eigenvalue weighted by molar-refractivity contribution is 9.10. The molecule has 1 aromatic carbocycles. The summed E-state index contributed by atoms with van der Waals surface area (Å²) in [6, 6.07) is 5.50. The van der Waals surface area contributed by atoms with Crippen LogP contribution >= 0.6 is 15.9 Å². The van der Waals surface area contributed by atoms with Gasteiger partial charge >= 0.3 is 6.09 Å². The zero-order valence-corrected chi connectivity index (χ0v) is 14.7. The van der Waals surface area contributed by atoms with Crippen LogP contribution in [0.25, 0.3) is 0 Å². The molecule has 1 saturated heterocycles. The van der Waals surface area contributed by atoms with Crippen molar-refractivity contribution in [1.82, 2.24) is 0 Å². The van der Waals surface area contributed by atoms with Gasteiger partial charge in [-0.1, -0.05) is 15.9 Å². The minimum atomic E-state index is -0.543. The Balaban J connectivity index is 2.01. The van der Waals surface area contributed by atoms with Crippen LogP contribution in [-0.4, -0.2) is 31.5 Å². The van der Waals surface area contributed by atoms with Crippen molar-refractivity contribution in [1.29, 1.82) is 0 Å². The van der Waals surface area contributed by atoms with Gasteiger partial charge in [0.05, 0.1) is 18.9 Å². The van der Waals surface area contributed by atoms with Crippen LogP contribution in [0.15, 0.2) is 22.7 Å². The second kappa shape index (κ2) is 7.33. The number of amides is 1. The van der Waals surface area contributed by atoms with Crippen LogP contribution in [0.1, 0.15) is 27.2 Å². The van der Waals surface area contributed by atoms with Gasteiger partial charge in [-0.05, 0) is 45.4 Å². The molecule has 1 amide bonds. The highest BCUT2D eigenvalue weighted by Crippen LogP contribution is 2.29. The molecule has 0 radical (unpaired) electrons. The van der Waals surface area contributed by atoms with Crippen LogP contribution in [0, 0.1) is 5.92 Å². The molecule has 2 rings (SSSR count). The topological polar surface area (TPSA) is 56.8 Å². The van der Waals surface area contributed by atoms with Gasteiger partial charge in [-0.25, -0.2) is 4.79 Å². The predicted octanol–water partition coefficient (Wildman–Crippen LogP) is 4.21. The fourth-order valence-electron chi connectivity index (χ4n) is 2.06. The number of halogens is 1. The van der Waals surface area contributed by atoms with Crippen molar-refractivity contribution in [2.75, 3.05) is 25.1 Å². The number of anilines is 1. The lowest BCUT2D eigenvalue weighted by Crippen LogP contribution is -2.27. The molecule has 22 heavy (non-hydrogen) atoms. The van der Waals surface area contributed by atoms with Gasteiger partial charge in [0.2, 0.25) is 0 Å². The lowest BCUT2D eigenvalue weighted by atomic mass is 10.1. The Morgan fingerprint density at radius 1 is 1.45 bits per heavy atom. The van der Waals surface area contributed by atoms with Gasteiger partial charge in [0.1, 0.15) is 11.4 Å². The van der Waals surface area contributed by atoms with E-state index in [2.05, 4.69) is 21.2 Å². The van der Waals surface area contributed by atoms with Crippen LogP contribution in [0.5, 0.6) is 5.75 Å². The van der Waals surface area contributed by atoms with Crippen molar-refractivity contribution in [2.45, 2.75) is 32.8 Å². The molecule has 0 bridgehead atoms. The number of rotatable bonds is 4. The molecule has 0 aliphatic carbocycles. The van der Waals surface area contributed by atoms with E-state index in [1.54, 1.807) is 6.07 Å². The maximum Gasteiger partial charge on any atom is 0.412 e. The first kappa shape index (κ1) is 17.1. The molecule has 0 aromatic heterocycles. The number of carbonyl (C=O) groups is 1. The van der Waals surface area contributed by atoms with Crippen molar-refractivity contribution >= 4 is 27.7 Å². The third-order valence-corrected chi connectivity index (χ3v) is 3.57. The van der Waals surface area contributed by atoms with E-state index >= 15 is 0 Å². The van der Waals surface area contributed by atoms with Crippen molar-refractivity contribution in [3.05, 3.63) is 22.7 Å². The summed E-state index contributed by atoms with van der Waals surface area (Å²) in [5, 5.41) is 2.74. The molecule has 0 spiro atoms. The third kappa shape index (κ3) is 5.50. The van der Waals surface area contributed by atoms with E-state index in [4.69, 9.17) is 14.2 Å². The Morgan fingerprint density at radius 3 is 2.86 bits per heavy atom. The van der Waals surface area contributed by atoms with Crippen LogP contribution < -0.4 is 10.1 Å². The summed E-state index contributed by atoms with van der Waals surface area (Å²) in [5.41, 5.74) is 0.0423. The van der Waals surface area contributed by atoms with E-state index in [0.29, 0.717) is 24.0 Å². The van der Waals surface area contributed by atoms with E-state index in [1.165, 1.54) is 0 Å². The molecule has 1 fully saturated rings. The molecule has 1 N–H and O–H groups in total. The fraction of sp³-hybridized carbons (Fsp3) is 0.562. The average molecular weight is 372 g/mol. The van der Waals surface area contributed by atoms with Gasteiger partial charge < -0.3 is 14.2 Å². The molecule has 1 aromatic rings. The number of nitrogens with one attached hydrogen (secondary N) is 1. The predicted molar refractivity (Wildman–Crippen MR) is 88.4 cm³/mol. The Kier molecular flexibility index (Phi) is 5.69. The zero-order chi connectivity index (χ0) is 16.2. The summed E-state index contributed by atoms with van der Waals surface area (Å²) in [4.78, 5) is 11.9. The first-order valence-electron chi connectivity index (χ1n) is 7.33. The maximum absolute atomic E-state index is 11.9. The summed E-state index contributed by atoms with van der Waals surface area (Å²) in [6.07, 6.45) is 0.505. The second-order valence-electron chi connectivity index (χ2n) is 6.31. The fourth-order valence-corrected chi connectivity index (χ4v) is 2.42. The lowest BCUT2D eigenvalue weighted by molar-refractivity contribution is 0.0635. The van der Waals surface area contributed by atoms with Gasteiger partial charge in [0.25, 0.3) is 0 Å². The van der Waals surface area contributed by atoms with E-state index in [-0.39, 0.29) is 0 Å². The van der Waals surface area contributed by atoms with Crippen molar-refractivity contribution in [2.24, 2.45) is 5.92 Å². The first-order chi connectivity index (χ1) is 10.3. The molecular formula is C16H22BrNO4. The number of hydrogen-bond acceptors (Lipinski definition) is 4. The minimum Gasteiger partial charge on any atom is -0.491 e. The number of hydrogen-bond donors (Lipinski definition) is 1. The third-order valence-electron chi connectivity index (χ3n) is 3.08. The summed E-state index contributed by atoms with van der Waals surface area (Å²) < 4.78 is 17.3. The molecule has 0 saturated carbocycles. The standard InChI is InChI=1S/C16H22BrNO4/c1-16(2,3)22-15(19)18-13-8-12(17)4-5-14(13)21-10-11-6-7-20-9-11/h4-5,8,11H,6-7,9-10H2,1-3H3,(H,18,19). The molecule has 122 valence electrons. The number of ether oxygens (including phenoxy) is 3. The van der Waals surface area contributed by atoms with Crippen LogP contribution in [0.2, 0.25) is 0 Å². The smallest absolute Gasteiger partial charge is 0.412 e. The lowest BCUT2D eigenvalue weighted by Gasteiger charge is -2.21. The molecular weight excluding hydrogens is 350 g/mol. The Hall–Kier alpha value is -1.27. The highest BCUT2D eigenvalue weighted by atomic mass is 79.9. The summed E-state index contributed by atoms with van der Waals surface area (Å²) in [5.74, 6) is 1.03. The van der Waals surface area contributed by atoms with E-state index in [9.17, 15) is 4.79 Å². The van der Waals surface area contributed by atoms with Crippen molar-refractivity contribution in [3.63, 3.8) is 0 Å². The van der Waals surface area contributed by atoms with Crippen molar-refractivity contribution < 1.29 is 19.0 Å². The zero-order valence-electron chi connectivity index (χ0n) is 13.1. The first-order valence-corrected chi connectivity index (χ1v) is 8.13. The Morgan fingerprint density at radius 2 is 2.23 bits per heavy atom. The largest absolute Gasteiger partial charge is 0.491 e. The number of benzene rings is 1. The quantitative estimate of drug-likeness (QED) is 0.860. The summed E-state index contributed by atoms with van der Waals surface area (Å²) >= 11 is 3.40. The van der Waals surface area contributed by atoms with Crippen LogP contribution in [-0.2, 0) is 9.47 Å². The van der Waals surface area contributed by atoms with Gasteiger partial charge in [0.15, 0.2) is 0 Å². The monoisotopic (exact) mass is 371 g/mol. The van der Waals surface area contributed by atoms with E-state index in [0.717, 1.165) is 24.1 Å². The summed E-state index contributed by atoms with van der Waals surface area (Å²) in [6.45, 7) is 7.56. The Bertz CT molecular complexity index is 521. The number of carbonyl (C=O) groups excluding carboxylic acids is 1. The van der Waals surface area contributed by atoms with Gasteiger partial charge in [0, 0.05) is 17.0 Å². The second-order valence-corrected chi connectivity index (χ2v) is 7.22. The average Bonchev–Trinajstić information content (AvgIpc) is 2.88. The van der Waals surface area contributed by atoms with E-state index < -0.39 is 11.7 Å². The molecule has 5 nitrogen and oxygen atoms in total. The van der Waals surface area contributed by atoms with Crippen LogP contribution in [0.3, 0.4) is 0 Å². The minimum absolute atomic E-state index is 0.401. The molecule has 1 aliphatic heterocycles. The Labute approximate surface area is 139 Å². The molecule has 1 unspecified atom stereocenters. The maximum atomic E-state index is 11.9. The molecule has 6 heteroatoms. The molecule has 1 aliphatic rings. The van der Waals surface area contributed by atoms with Gasteiger partial charge in [-0.2, -0.15) is 0 Å². The van der Waals surface area contributed by atoms with Crippen LogP contribution in [0.4, 0.5) is 10.5 Å². The van der Waals surface area contributed by atoms with Gasteiger partial charge in [-0.15, -0.1) is 0 Å². The highest BCUT2D eigenvalue weighted by Gasteiger charge is 2.19. The molecule has 1 heterocycles. The van der Waals surface area contributed by atoms with E-state index in [1.807, 2.05) is 32.9 Å². The molecule has 1 atom stereocenters. The van der Waals surface area contributed by atoms with Crippen molar-refractivity contribution in [3.8, 4) is 5.75 Å².